The van der Waals surface area contributed by atoms with Crippen LogP contribution in [0, 0.1) is 11.1 Å². The molecule has 5 heteroatoms. The van der Waals surface area contributed by atoms with Crippen molar-refractivity contribution >= 4 is 17.2 Å². The Hall–Kier alpha value is -2.95. The lowest BCUT2D eigenvalue weighted by atomic mass is 9.94. The number of hydrogen-bond donors (Lipinski definition) is 1. The van der Waals surface area contributed by atoms with Crippen molar-refractivity contribution in [3.8, 4) is 0 Å². The Morgan fingerprint density at radius 2 is 1.48 bits per heavy atom. The second-order valence-corrected chi connectivity index (χ2v) is 6.15. The zero-order valence-corrected chi connectivity index (χ0v) is 14.6. The van der Waals surface area contributed by atoms with E-state index >= 15 is 0 Å². The maximum Gasteiger partial charge on any atom is 0.252 e. The number of rotatable bonds is 6. The van der Waals surface area contributed by atoms with Gasteiger partial charge in [0, 0.05) is 24.0 Å². The SMILES string of the molecule is C/C(C(=O)c1ccccc1)=[N+](/[O-])C(/C(=N/O)c1ccccc1)C(C)C. The van der Waals surface area contributed by atoms with Gasteiger partial charge in [-0.3, -0.25) is 4.79 Å². The molecule has 0 aliphatic heterocycles. The molecule has 0 radical (unpaired) electrons. The molecule has 1 unspecified atom stereocenters. The van der Waals surface area contributed by atoms with E-state index in [9.17, 15) is 15.2 Å². The number of carbonyl (C=O) groups excluding carboxylic acids is 1. The lowest BCUT2D eigenvalue weighted by molar-refractivity contribution is -0.488. The summed E-state index contributed by atoms with van der Waals surface area (Å²) in [4.78, 5) is 12.6. The Bertz CT molecular complexity index is 781. The summed E-state index contributed by atoms with van der Waals surface area (Å²) < 4.78 is 0.655. The van der Waals surface area contributed by atoms with Gasteiger partial charge in [-0.1, -0.05) is 79.7 Å². The van der Waals surface area contributed by atoms with E-state index in [-0.39, 0.29) is 23.1 Å². The molecule has 0 aliphatic carbocycles. The van der Waals surface area contributed by atoms with Crippen LogP contribution in [-0.4, -0.2) is 33.2 Å². The maximum atomic E-state index is 12.9. The molecule has 0 saturated carbocycles. The summed E-state index contributed by atoms with van der Waals surface area (Å²) in [7, 11) is 0. The number of carbonyl (C=O) groups is 1. The second kappa shape index (κ2) is 8.24. The van der Waals surface area contributed by atoms with Gasteiger partial charge in [-0.15, -0.1) is 0 Å². The molecule has 0 heterocycles. The Balaban J connectivity index is 2.47. The molecule has 0 fully saturated rings. The predicted octanol–water partition coefficient (Wildman–Crippen LogP) is 3.74. The summed E-state index contributed by atoms with van der Waals surface area (Å²) in [6.07, 6.45) is 0. The summed E-state index contributed by atoms with van der Waals surface area (Å²) in [6, 6.07) is 16.9. The Morgan fingerprint density at radius 1 is 1.00 bits per heavy atom. The van der Waals surface area contributed by atoms with Crippen LogP contribution < -0.4 is 0 Å². The van der Waals surface area contributed by atoms with E-state index in [0.717, 1.165) is 0 Å². The van der Waals surface area contributed by atoms with Gasteiger partial charge in [0.15, 0.2) is 5.71 Å². The average Bonchev–Trinajstić information content (AvgIpc) is 2.65. The number of nitrogens with zero attached hydrogens (tertiary/aromatic N) is 2. The minimum atomic E-state index is -0.778. The number of oxime groups is 1. The molecule has 0 bridgehead atoms. The molecule has 0 spiro atoms. The van der Waals surface area contributed by atoms with Gasteiger partial charge in [-0.25, -0.2) is 0 Å². The fraction of sp³-hybridized carbons (Fsp3) is 0.250. The molecular weight excluding hydrogens is 316 g/mol. The highest BCUT2D eigenvalue weighted by Gasteiger charge is 2.32. The standard InChI is InChI=1S/C20H22N2O3/c1-14(2)19(18(21-24)16-10-6-4-7-11-16)22(25)15(3)20(23)17-12-8-5-9-13-17/h4-14,19,24H,1-3H3/b21-18+,22-15-. The lowest BCUT2D eigenvalue weighted by Gasteiger charge is -2.22. The monoisotopic (exact) mass is 338 g/mol. The first-order valence-corrected chi connectivity index (χ1v) is 8.14. The van der Waals surface area contributed by atoms with Crippen molar-refractivity contribution in [1.82, 2.24) is 0 Å². The lowest BCUT2D eigenvalue weighted by Crippen LogP contribution is -2.40. The number of benzene rings is 2. The quantitative estimate of drug-likeness (QED) is 0.218. The van der Waals surface area contributed by atoms with E-state index in [1.807, 2.05) is 26.0 Å². The van der Waals surface area contributed by atoms with Crippen molar-refractivity contribution < 1.29 is 14.7 Å². The zero-order valence-electron chi connectivity index (χ0n) is 14.6. The molecule has 2 rings (SSSR count). The van der Waals surface area contributed by atoms with Gasteiger partial charge < -0.3 is 10.4 Å². The summed E-state index contributed by atoms with van der Waals surface area (Å²) >= 11 is 0. The van der Waals surface area contributed by atoms with Crippen LogP contribution in [0.3, 0.4) is 0 Å². The van der Waals surface area contributed by atoms with Crippen molar-refractivity contribution in [2.45, 2.75) is 26.8 Å². The van der Waals surface area contributed by atoms with Crippen LogP contribution in [0.5, 0.6) is 0 Å². The van der Waals surface area contributed by atoms with E-state index in [1.54, 1.807) is 48.5 Å². The largest absolute Gasteiger partial charge is 0.623 e. The molecule has 130 valence electrons. The smallest absolute Gasteiger partial charge is 0.252 e. The Labute approximate surface area is 147 Å². The normalized spacial score (nSPS) is 14.2. The summed E-state index contributed by atoms with van der Waals surface area (Å²) in [5.74, 6) is -0.506. The molecule has 2 aromatic rings. The highest BCUT2D eigenvalue weighted by Crippen LogP contribution is 2.16. The van der Waals surface area contributed by atoms with Crippen molar-refractivity contribution in [2.75, 3.05) is 0 Å². The van der Waals surface area contributed by atoms with Gasteiger partial charge in [0.05, 0.1) is 0 Å². The van der Waals surface area contributed by atoms with E-state index in [1.165, 1.54) is 6.92 Å². The third-order valence-corrected chi connectivity index (χ3v) is 4.04. The maximum absolute atomic E-state index is 12.9. The topological polar surface area (TPSA) is 75.7 Å². The number of Topliss-reactive ketones (excluding diaryl/α,β-unsaturated/α-hetero) is 1. The number of ketones is 1. The number of hydrogen-bond acceptors (Lipinski definition) is 4. The van der Waals surface area contributed by atoms with E-state index in [0.29, 0.717) is 15.9 Å². The summed E-state index contributed by atoms with van der Waals surface area (Å²) in [5, 5.41) is 25.8. The Kier molecular flexibility index (Phi) is 6.06. The second-order valence-electron chi connectivity index (χ2n) is 6.15. The molecule has 1 atom stereocenters. The van der Waals surface area contributed by atoms with Gasteiger partial charge in [-0.2, -0.15) is 4.74 Å². The Morgan fingerprint density at radius 3 is 1.92 bits per heavy atom. The molecule has 0 aromatic heterocycles. The van der Waals surface area contributed by atoms with Crippen molar-refractivity contribution in [3.63, 3.8) is 0 Å². The highest BCUT2D eigenvalue weighted by atomic mass is 16.5. The van der Waals surface area contributed by atoms with Crippen molar-refractivity contribution in [1.29, 1.82) is 0 Å². The van der Waals surface area contributed by atoms with E-state index in [4.69, 9.17) is 0 Å². The van der Waals surface area contributed by atoms with Gasteiger partial charge >= 0.3 is 0 Å². The molecule has 25 heavy (non-hydrogen) atoms. The van der Waals surface area contributed by atoms with Crippen LogP contribution >= 0.6 is 0 Å². The van der Waals surface area contributed by atoms with E-state index < -0.39 is 6.04 Å². The van der Waals surface area contributed by atoms with Crippen LogP contribution in [0.15, 0.2) is 65.8 Å². The van der Waals surface area contributed by atoms with Gasteiger partial charge in [-0.05, 0) is 0 Å². The van der Waals surface area contributed by atoms with Gasteiger partial charge in [0.2, 0.25) is 11.8 Å². The highest BCUT2D eigenvalue weighted by molar-refractivity contribution is 6.43. The van der Waals surface area contributed by atoms with Crippen LogP contribution in [-0.2, 0) is 0 Å². The van der Waals surface area contributed by atoms with Crippen LogP contribution in [0.2, 0.25) is 0 Å². The third kappa shape index (κ3) is 4.12. The zero-order chi connectivity index (χ0) is 18.4. The van der Waals surface area contributed by atoms with Gasteiger partial charge in [0.1, 0.15) is 0 Å². The molecule has 2 aromatic carbocycles. The molecule has 5 nitrogen and oxygen atoms in total. The molecular formula is C20H22N2O3. The minimum Gasteiger partial charge on any atom is -0.623 e. The van der Waals surface area contributed by atoms with Crippen LogP contribution in [0.25, 0.3) is 0 Å². The van der Waals surface area contributed by atoms with Gasteiger partial charge in [0.25, 0.3) is 5.78 Å². The third-order valence-electron chi connectivity index (χ3n) is 4.04. The average molecular weight is 338 g/mol. The summed E-state index contributed by atoms with van der Waals surface area (Å²) in [5.41, 5.74) is 1.39. The first-order valence-electron chi connectivity index (χ1n) is 8.14. The molecule has 0 saturated heterocycles. The first-order chi connectivity index (χ1) is 12.0. The minimum absolute atomic E-state index is 0.0574. The van der Waals surface area contributed by atoms with Crippen molar-refractivity contribution in [2.24, 2.45) is 11.1 Å². The predicted molar refractivity (Wildman–Crippen MR) is 98.5 cm³/mol. The molecule has 1 N–H and O–H groups in total. The van der Waals surface area contributed by atoms with Crippen molar-refractivity contribution in [3.05, 3.63) is 77.0 Å². The first kappa shape index (κ1) is 18.4. The fourth-order valence-corrected chi connectivity index (χ4v) is 2.70. The molecule has 0 aliphatic rings. The molecule has 0 amide bonds. The number of hydroxylamine groups is 1. The van der Waals surface area contributed by atoms with Crippen LogP contribution in [0.1, 0.15) is 36.7 Å². The fourth-order valence-electron chi connectivity index (χ4n) is 2.70. The summed E-state index contributed by atoms with van der Waals surface area (Å²) in [6.45, 7) is 5.20. The van der Waals surface area contributed by atoms with Crippen LogP contribution in [0.4, 0.5) is 0 Å². The van der Waals surface area contributed by atoms with E-state index in [2.05, 4.69) is 5.16 Å².